The molecular formula is C22H29BrN4O3S. The predicted molar refractivity (Wildman–Crippen MR) is 127 cm³/mol. The Hall–Kier alpha value is -2.00. The van der Waals surface area contributed by atoms with E-state index >= 15 is 0 Å². The Morgan fingerprint density at radius 1 is 1.29 bits per heavy atom. The van der Waals surface area contributed by atoms with Gasteiger partial charge in [-0.1, -0.05) is 54.4 Å². The summed E-state index contributed by atoms with van der Waals surface area (Å²) in [5, 5.41) is 8.67. The van der Waals surface area contributed by atoms with Crippen molar-refractivity contribution in [3.8, 4) is 5.75 Å². The van der Waals surface area contributed by atoms with Crippen molar-refractivity contribution >= 4 is 39.6 Å². The summed E-state index contributed by atoms with van der Waals surface area (Å²) < 4.78 is 13.9. The average molecular weight is 509 g/mol. The molecule has 1 atom stereocenters. The summed E-state index contributed by atoms with van der Waals surface area (Å²) in [6.45, 7) is 6.48. The fourth-order valence-electron chi connectivity index (χ4n) is 3.36. The number of benzene rings is 1. The molecule has 1 aromatic carbocycles. The molecule has 2 aromatic rings. The van der Waals surface area contributed by atoms with E-state index in [9.17, 15) is 4.79 Å². The molecule has 3 rings (SSSR count). The second-order valence-corrected chi connectivity index (χ2v) is 9.28. The van der Waals surface area contributed by atoms with Gasteiger partial charge in [0.15, 0.2) is 0 Å². The highest BCUT2D eigenvalue weighted by molar-refractivity contribution is 9.10. The standard InChI is InChI=1S/C22H29BrN4O3S/c1-5-7-11-30-20(28)18-14(3)24-21-25-22(31-12-8-6-2)26-27(21)19(18)16-13-15(23)9-10-17(16)29-4/h9-10,13,19H,5-8,11-12H2,1-4H3,(H,24,25,26). The van der Waals surface area contributed by atoms with Crippen molar-refractivity contribution in [3.63, 3.8) is 0 Å². The van der Waals surface area contributed by atoms with Crippen LogP contribution in [-0.4, -0.2) is 40.2 Å². The van der Waals surface area contributed by atoms with Crippen LogP contribution in [0.4, 0.5) is 5.95 Å². The summed E-state index contributed by atoms with van der Waals surface area (Å²) in [5.74, 6) is 1.87. The largest absolute Gasteiger partial charge is 0.496 e. The molecule has 1 N–H and O–H groups in total. The molecular weight excluding hydrogens is 480 g/mol. The van der Waals surface area contributed by atoms with Crippen molar-refractivity contribution in [1.82, 2.24) is 14.8 Å². The van der Waals surface area contributed by atoms with Crippen molar-refractivity contribution in [2.24, 2.45) is 0 Å². The van der Waals surface area contributed by atoms with Crippen molar-refractivity contribution in [3.05, 3.63) is 39.5 Å². The Bertz CT molecular complexity index is 960. The fraction of sp³-hybridized carbons (Fsp3) is 0.500. The number of nitrogens with one attached hydrogen (secondary N) is 1. The summed E-state index contributed by atoms with van der Waals surface area (Å²) in [7, 11) is 1.62. The number of halogens is 1. The van der Waals surface area contributed by atoms with Gasteiger partial charge in [-0.2, -0.15) is 4.98 Å². The zero-order valence-electron chi connectivity index (χ0n) is 18.4. The molecule has 1 aromatic heterocycles. The van der Waals surface area contributed by atoms with Crippen molar-refractivity contribution in [1.29, 1.82) is 0 Å². The van der Waals surface area contributed by atoms with Gasteiger partial charge >= 0.3 is 5.97 Å². The van der Waals surface area contributed by atoms with Crippen LogP contribution >= 0.6 is 27.7 Å². The molecule has 1 unspecified atom stereocenters. The highest BCUT2D eigenvalue weighted by atomic mass is 79.9. The van der Waals surface area contributed by atoms with Gasteiger partial charge in [-0.15, -0.1) is 5.10 Å². The summed E-state index contributed by atoms with van der Waals surface area (Å²) in [6, 6.07) is 5.24. The number of carbonyl (C=O) groups is 1. The fourth-order valence-corrected chi connectivity index (χ4v) is 4.65. The first-order valence-electron chi connectivity index (χ1n) is 10.6. The molecule has 7 nitrogen and oxygen atoms in total. The molecule has 0 radical (unpaired) electrons. The van der Waals surface area contributed by atoms with Gasteiger partial charge in [0, 0.05) is 21.5 Å². The van der Waals surface area contributed by atoms with Crippen LogP contribution in [0.25, 0.3) is 0 Å². The number of aromatic nitrogens is 3. The number of anilines is 1. The zero-order valence-corrected chi connectivity index (χ0v) is 20.8. The summed E-state index contributed by atoms with van der Waals surface area (Å²) in [4.78, 5) is 17.8. The van der Waals surface area contributed by atoms with Gasteiger partial charge in [-0.05, 0) is 38.0 Å². The Morgan fingerprint density at radius 2 is 2.06 bits per heavy atom. The lowest BCUT2D eigenvalue weighted by molar-refractivity contribution is -0.139. The second kappa shape index (κ2) is 11.0. The molecule has 9 heteroatoms. The Morgan fingerprint density at radius 3 is 2.77 bits per heavy atom. The van der Waals surface area contributed by atoms with Gasteiger partial charge in [-0.25, -0.2) is 9.48 Å². The quantitative estimate of drug-likeness (QED) is 0.255. The highest BCUT2D eigenvalue weighted by Crippen LogP contribution is 2.41. The summed E-state index contributed by atoms with van der Waals surface area (Å²) in [5.41, 5.74) is 2.03. The molecule has 2 heterocycles. The normalized spacial score (nSPS) is 15.5. The number of ether oxygens (including phenoxy) is 2. The Labute approximate surface area is 196 Å². The molecule has 31 heavy (non-hydrogen) atoms. The Balaban J connectivity index is 2.06. The van der Waals surface area contributed by atoms with Crippen molar-refractivity contribution in [2.75, 3.05) is 24.8 Å². The number of hydrogen-bond donors (Lipinski definition) is 1. The molecule has 168 valence electrons. The van der Waals surface area contributed by atoms with Gasteiger partial charge < -0.3 is 14.8 Å². The third-order valence-electron chi connectivity index (χ3n) is 5.00. The van der Waals surface area contributed by atoms with E-state index in [0.29, 0.717) is 34.7 Å². The SMILES string of the molecule is CCCCOC(=O)C1=C(C)Nc2nc(SCCCC)nn2C1c1cc(Br)ccc1OC. The first-order valence-corrected chi connectivity index (χ1v) is 12.4. The average Bonchev–Trinajstić information content (AvgIpc) is 3.15. The first-order chi connectivity index (χ1) is 15.0. The topological polar surface area (TPSA) is 78.3 Å². The van der Waals surface area contributed by atoms with E-state index in [4.69, 9.17) is 14.6 Å². The minimum Gasteiger partial charge on any atom is -0.496 e. The van der Waals surface area contributed by atoms with Crippen LogP contribution in [0.2, 0.25) is 0 Å². The van der Waals surface area contributed by atoms with Gasteiger partial charge in [0.05, 0.1) is 19.3 Å². The highest BCUT2D eigenvalue weighted by Gasteiger charge is 2.37. The lowest BCUT2D eigenvalue weighted by atomic mass is 9.95. The number of nitrogens with zero attached hydrogens (tertiary/aromatic N) is 3. The maximum atomic E-state index is 13.1. The predicted octanol–water partition coefficient (Wildman–Crippen LogP) is 5.57. The lowest BCUT2D eigenvalue weighted by Crippen LogP contribution is -2.30. The molecule has 0 saturated heterocycles. The minimum absolute atomic E-state index is 0.355. The van der Waals surface area contributed by atoms with E-state index in [1.54, 1.807) is 23.6 Å². The number of allylic oxidation sites excluding steroid dienone is 1. The van der Waals surface area contributed by atoms with E-state index in [-0.39, 0.29) is 5.97 Å². The molecule has 0 spiro atoms. The minimum atomic E-state index is -0.508. The van der Waals surface area contributed by atoms with E-state index < -0.39 is 6.04 Å². The number of methoxy groups -OCH3 is 1. The summed E-state index contributed by atoms with van der Waals surface area (Å²) in [6.07, 6.45) is 3.99. The molecule has 0 amide bonds. The van der Waals surface area contributed by atoms with Crippen LogP contribution in [0.3, 0.4) is 0 Å². The van der Waals surface area contributed by atoms with Crippen molar-refractivity contribution in [2.45, 2.75) is 57.7 Å². The van der Waals surface area contributed by atoms with Gasteiger partial charge in [-0.3, -0.25) is 0 Å². The van der Waals surface area contributed by atoms with E-state index in [1.165, 1.54) is 0 Å². The molecule has 0 fully saturated rings. The number of esters is 1. The van der Waals surface area contributed by atoms with Crippen LogP contribution < -0.4 is 10.1 Å². The molecule has 0 aliphatic carbocycles. The third-order valence-corrected chi connectivity index (χ3v) is 6.42. The van der Waals surface area contributed by atoms with Crippen LogP contribution in [0.1, 0.15) is 58.1 Å². The van der Waals surface area contributed by atoms with Crippen LogP contribution in [-0.2, 0) is 9.53 Å². The van der Waals surface area contributed by atoms with Crippen molar-refractivity contribution < 1.29 is 14.3 Å². The van der Waals surface area contributed by atoms with Gasteiger partial charge in [0.25, 0.3) is 0 Å². The molecule has 0 bridgehead atoms. The van der Waals surface area contributed by atoms with Crippen LogP contribution in [0, 0.1) is 0 Å². The third kappa shape index (κ3) is 5.44. The first kappa shape index (κ1) is 23.7. The second-order valence-electron chi connectivity index (χ2n) is 7.31. The number of rotatable bonds is 10. The van der Waals surface area contributed by atoms with Crippen LogP contribution in [0.15, 0.2) is 39.1 Å². The number of carbonyl (C=O) groups excluding carboxylic acids is 1. The van der Waals surface area contributed by atoms with E-state index in [0.717, 1.165) is 41.5 Å². The number of unbranched alkanes of at least 4 members (excludes halogenated alkanes) is 2. The van der Waals surface area contributed by atoms with Gasteiger partial charge in [0.2, 0.25) is 11.1 Å². The van der Waals surface area contributed by atoms with E-state index in [2.05, 4.69) is 40.1 Å². The molecule has 0 saturated carbocycles. The Kier molecular flexibility index (Phi) is 8.43. The van der Waals surface area contributed by atoms with Gasteiger partial charge in [0.1, 0.15) is 11.8 Å². The maximum absolute atomic E-state index is 13.1. The van der Waals surface area contributed by atoms with Crippen LogP contribution in [0.5, 0.6) is 5.75 Å². The summed E-state index contributed by atoms with van der Waals surface area (Å²) >= 11 is 5.17. The number of thioether (sulfide) groups is 1. The van der Waals surface area contributed by atoms with E-state index in [1.807, 2.05) is 25.1 Å². The maximum Gasteiger partial charge on any atom is 0.338 e. The zero-order chi connectivity index (χ0) is 22.4. The monoisotopic (exact) mass is 508 g/mol. The molecule has 1 aliphatic heterocycles. The number of fused-ring (bicyclic) bond motifs is 1. The lowest BCUT2D eigenvalue weighted by Gasteiger charge is -2.29. The smallest absolute Gasteiger partial charge is 0.338 e. The number of hydrogen-bond acceptors (Lipinski definition) is 7. The molecule has 1 aliphatic rings.